The molecule has 29 heavy (non-hydrogen) atoms. The molecule has 1 aliphatic heterocycles. The second kappa shape index (κ2) is 11.0. The van der Waals surface area contributed by atoms with Gasteiger partial charge < -0.3 is 9.47 Å². The van der Waals surface area contributed by atoms with E-state index >= 15 is 0 Å². The molecule has 1 aliphatic rings. The molecule has 2 aromatic carbocycles. The lowest BCUT2D eigenvalue weighted by Crippen LogP contribution is -2.37. The standard InChI is InChI=1S/C22H26N2O.4CH4/c1-3-17(23-14-8-13-22(23)25)15-16(2)24-20-11-6-4-9-18(20)19-10-5-7-12-21(19)24;;;;/h4-7,9-12,16-17H,3,8,13-15H2,1-2H3;4*1H4. The Morgan fingerprint density at radius 2 is 1.41 bits per heavy atom. The summed E-state index contributed by atoms with van der Waals surface area (Å²) in [7, 11) is 0. The zero-order valence-corrected chi connectivity index (χ0v) is 15.1. The molecule has 3 nitrogen and oxygen atoms in total. The molecule has 4 rings (SSSR count). The van der Waals surface area contributed by atoms with Gasteiger partial charge in [0.2, 0.25) is 5.91 Å². The Kier molecular flexibility index (Phi) is 10.2. The third kappa shape index (κ3) is 4.66. The largest absolute Gasteiger partial charge is 0.340 e. The molecule has 0 spiro atoms. The van der Waals surface area contributed by atoms with Gasteiger partial charge in [0.05, 0.1) is 0 Å². The molecule has 0 saturated carbocycles. The summed E-state index contributed by atoms with van der Waals surface area (Å²) in [6.45, 7) is 5.42. The predicted molar refractivity (Wildman–Crippen MR) is 131 cm³/mol. The topological polar surface area (TPSA) is 25.2 Å². The fraction of sp³-hybridized carbons (Fsp3) is 0.500. The lowest BCUT2D eigenvalue weighted by molar-refractivity contribution is -0.130. The quantitative estimate of drug-likeness (QED) is 0.432. The Morgan fingerprint density at radius 3 is 1.86 bits per heavy atom. The molecule has 2 atom stereocenters. The molecule has 1 amide bonds. The van der Waals surface area contributed by atoms with E-state index in [-0.39, 0.29) is 29.7 Å². The molecule has 1 saturated heterocycles. The van der Waals surface area contributed by atoms with Crippen molar-refractivity contribution >= 4 is 27.7 Å². The van der Waals surface area contributed by atoms with Gasteiger partial charge in [0.15, 0.2) is 0 Å². The smallest absolute Gasteiger partial charge is 0.222 e. The van der Waals surface area contributed by atoms with Crippen molar-refractivity contribution in [3.05, 3.63) is 48.5 Å². The molecule has 0 bridgehead atoms. The maximum Gasteiger partial charge on any atom is 0.222 e. The molecule has 0 aliphatic carbocycles. The first kappa shape index (κ1) is 26.7. The summed E-state index contributed by atoms with van der Waals surface area (Å²) in [5.74, 6) is 0.335. The Balaban J connectivity index is 0.00000196. The second-order valence-corrected chi connectivity index (χ2v) is 7.24. The van der Waals surface area contributed by atoms with Gasteiger partial charge in [0.25, 0.3) is 0 Å². The predicted octanol–water partition coefficient (Wildman–Crippen LogP) is 7.69. The highest BCUT2D eigenvalue weighted by Gasteiger charge is 2.28. The number of likely N-dealkylation sites (tertiary alicyclic amines) is 1. The Labute approximate surface area is 178 Å². The van der Waals surface area contributed by atoms with Gasteiger partial charge in [-0.05, 0) is 38.3 Å². The van der Waals surface area contributed by atoms with Crippen molar-refractivity contribution in [1.29, 1.82) is 0 Å². The SMILES string of the molecule is C.C.C.C.CCC(CC(C)n1c2ccccc2c2ccccc21)N1CCCC1=O. The van der Waals surface area contributed by atoms with Crippen LogP contribution in [0.3, 0.4) is 0 Å². The van der Waals surface area contributed by atoms with E-state index in [0.29, 0.717) is 18.0 Å². The van der Waals surface area contributed by atoms with Gasteiger partial charge in [-0.3, -0.25) is 4.79 Å². The summed E-state index contributed by atoms with van der Waals surface area (Å²) in [5.41, 5.74) is 2.58. The van der Waals surface area contributed by atoms with Gasteiger partial charge in [-0.1, -0.05) is 73.0 Å². The van der Waals surface area contributed by atoms with Gasteiger partial charge in [0, 0.05) is 46.9 Å². The van der Waals surface area contributed by atoms with E-state index < -0.39 is 0 Å². The molecule has 2 unspecified atom stereocenters. The van der Waals surface area contributed by atoms with Crippen LogP contribution in [-0.2, 0) is 4.79 Å². The van der Waals surface area contributed by atoms with Gasteiger partial charge in [0.1, 0.15) is 0 Å². The van der Waals surface area contributed by atoms with Crippen LogP contribution in [0.1, 0.15) is 75.3 Å². The minimum absolute atomic E-state index is 0. The number of hydrogen-bond acceptors (Lipinski definition) is 1. The van der Waals surface area contributed by atoms with E-state index in [1.807, 2.05) is 0 Å². The maximum atomic E-state index is 12.2. The van der Waals surface area contributed by atoms with Crippen LogP contribution in [0, 0.1) is 0 Å². The number of fused-ring (bicyclic) bond motifs is 3. The van der Waals surface area contributed by atoms with E-state index in [9.17, 15) is 4.79 Å². The first-order valence-electron chi connectivity index (χ1n) is 9.48. The first-order valence-corrected chi connectivity index (χ1v) is 9.48. The van der Waals surface area contributed by atoms with E-state index in [2.05, 4.69) is 71.8 Å². The van der Waals surface area contributed by atoms with Gasteiger partial charge in [-0.2, -0.15) is 0 Å². The fourth-order valence-corrected chi connectivity index (χ4v) is 4.50. The van der Waals surface area contributed by atoms with E-state index in [1.165, 1.54) is 21.8 Å². The van der Waals surface area contributed by atoms with Crippen molar-refractivity contribution < 1.29 is 4.79 Å². The zero-order valence-electron chi connectivity index (χ0n) is 15.1. The normalized spacial score (nSPS) is 15.1. The summed E-state index contributed by atoms with van der Waals surface area (Å²) < 4.78 is 2.47. The van der Waals surface area contributed by atoms with Crippen LogP contribution >= 0.6 is 0 Å². The highest BCUT2D eigenvalue weighted by atomic mass is 16.2. The van der Waals surface area contributed by atoms with E-state index in [1.54, 1.807) is 0 Å². The third-order valence-corrected chi connectivity index (χ3v) is 5.69. The summed E-state index contributed by atoms with van der Waals surface area (Å²) in [6, 6.07) is 18.0. The van der Waals surface area contributed by atoms with Crippen LogP contribution in [-0.4, -0.2) is 28.0 Å². The number of carbonyl (C=O) groups excluding carboxylic acids is 1. The number of para-hydroxylation sites is 2. The summed E-state index contributed by atoms with van der Waals surface area (Å²) in [6.07, 6.45) is 3.76. The monoisotopic (exact) mass is 398 g/mol. The summed E-state index contributed by atoms with van der Waals surface area (Å²) >= 11 is 0. The van der Waals surface area contributed by atoms with Gasteiger partial charge >= 0.3 is 0 Å². The Hall–Kier alpha value is -2.29. The molecule has 1 aromatic heterocycles. The Morgan fingerprint density at radius 1 is 0.897 bits per heavy atom. The summed E-state index contributed by atoms with van der Waals surface area (Å²) in [5, 5.41) is 2.63. The Bertz CT molecular complexity index is 858. The van der Waals surface area contributed by atoms with Crippen molar-refractivity contribution in [2.24, 2.45) is 0 Å². The lowest BCUT2D eigenvalue weighted by atomic mass is 10.0. The molecule has 3 aromatic rings. The minimum Gasteiger partial charge on any atom is -0.340 e. The highest BCUT2D eigenvalue weighted by Crippen LogP contribution is 2.34. The number of hydrogen-bond donors (Lipinski definition) is 0. The molecule has 2 heterocycles. The lowest BCUT2D eigenvalue weighted by Gasteiger charge is -2.30. The molecule has 0 N–H and O–H groups in total. The second-order valence-electron chi connectivity index (χ2n) is 7.24. The van der Waals surface area contributed by atoms with Crippen LogP contribution < -0.4 is 0 Å². The summed E-state index contributed by atoms with van der Waals surface area (Å²) in [4.78, 5) is 14.3. The van der Waals surface area contributed by atoms with Crippen LogP contribution in [0.2, 0.25) is 0 Å². The molecule has 0 radical (unpaired) electrons. The van der Waals surface area contributed by atoms with Crippen LogP contribution in [0.25, 0.3) is 21.8 Å². The number of aromatic nitrogens is 1. The molecule has 3 heteroatoms. The number of carbonyl (C=O) groups is 1. The number of benzene rings is 2. The highest BCUT2D eigenvalue weighted by molar-refractivity contribution is 6.08. The fourth-order valence-electron chi connectivity index (χ4n) is 4.50. The maximum absolute atomic E-state index is 12.2. The van der Waals surface area contributed by atoms with E-state index in [4.69, 9.17) is 0 Å². The number of amides is 1. The van der Waals surface area contributed by atoms with Crippen molar-refractivity contribution in [2.45, 2.75) is 81.3 Å². The van der Waals surface area contributed by atoms with Crippen LogP contribution in [0.4, 0.5) is 0 Å². The molecular weight excluding hydrogens is 356 g/mol. The van der Waals surface area contributed by atoms with Crippen molar-refractivity contribution in [3.8, 4) is 0 Å². The van der Waals surface area contributed by atoms with Crippen LogP contribution in [0.5, 0.6) is 0 Å². The number of nitrogens with zero attached hydrogens (tertiary/aromatic N) is 2. The number of rotatable bonds is 5. The van der Waals surface area contributed by atoms with Crippen LogP contribution in [0.15, 0.2) is 48.5 Å². The molecule has 162 valence electrons. The van der Waals surface area contributed by atoms with Crippen molar-refractivity contribution in [3.63, 3.8) is 0 Å². The van der Waals surface area contributed by atoms with Gasteiger partial charge in [-0.25, -0.2) is 0 Å². The minimum atomic E-state index is 0. The van der Waals surface area contributed by atoms with Gasteiger partial charge in [-0.15, -0.1) is 0 Å². The van der Waals surface area contributed by atoms with Crippen molar-refractivity contribution in [1.82, 2.24) is 9.47 Å². The third-order valence-electron chi connectivity index (χ3n) is 5.69. The molecular formula is C26H42N2O. The first-order chi connectivity index (χ1) is 12.2. The average Bonchev–Trinajstić information content (AvgIpc) is 3.21. The van der Waals surface area contributed by atoms with E-state index in [0.717, 1.165) is 32.2 Å². The average molecular weight is 399 g/mol. The van der Waals surface area contributed by atoms with Crippen molar-refractivity contribution in [2.75, 3.05) is 6.54 Å². The molecule has 1 fully saturated rings. The zero-order chi connectivity index (χ0) is 17.4.